The number of furan rings is 1. The van der Waals surface area contributed by atoms with E-state index in [1.807, 2.05) is 17.5 Å². The summed E-state index contributed by atoms with van der Waals surface area (Å²) in [7, 11) is 0. The van der Waals surface area contributed by atoms with Crippen molar-refractivity contribution in [2.24, 2.45) is 5.10 Å². The number of thiophene rings is 1. The van der Waals surface area contributed by atoms with E-state index < -0.39 is 18.5 Å². The zero-order chi connectivity index (χ0) is 20.9. The topological polar surface area (TPSA) is 94.2 Å². The fourth-order valence-corrected chi connectivity index (χ4v) is 3.82. The van der Waals surface area contributed by atoms with Gasteiger partial charge in [0.05, 0.1) is 23.5 Å². The van der Waals surface area contributed by atoms with Crippen molar-refractivity contribution in [3.05, 3.63) is 70.4 Å². The maximum absolute atomic E-state index is 12.9. The number of carbonyl (C=O) groups is 2. The van der Waals surface area contributed by atoms with Crippen LogP contribution in [0.25, 0.3) is 0 Å². The molecule has 4 rings (SSSR count). The van der Waals surface area contributed by atoms with E-state index in [2.05, 4.69) is 10.1 Å². The first kappa shape index (κ1) is 19.8. The predicted molar refractivity (Wildman–Crippen MR) is 109 cm³/mol. The molecule has 9 heteroatoms. The first-order chi connectivity index (χ1) is 14.7. The quantitative estimate of drug-likeness (QED) is 0.536. The molecular formula is C21H19N3O5S. The number of carbonyl (C=O) groups excluding carboxylic acids is 2. The minimum absolute atomic E-state index is 0.166. The van der Waals surface area contributed by atoms with Gasteiger partial charge in [0, 0.05) is 12.6 Å². The van der Waals surface area contributed by atoms with Crippen LogP contribution in [-0.4, -0.2) is 40.8 Å². The molecule has 1 atom stereocenters. The fraction of sp³-hybridized carbons (Fsp3) is 0.238. The van der Waals surface area contributed by atoms with Crippen molar-refractivity contribution < 1.29 is 23.5 Å². The minimum Gasteiger partial charge on any atom is -0.477 e. The Labute approximate surface area is 176 Å². The fourth-order valence-electron chi connectivity index (χ4n) is 3.10. The van der Waals surface area contributed by atoms with Crippen LogP contribution >= 0.6 is 11.3 Å². The number of aromatic nitrogens is 1. The summed E-state index contributed by atoms with van der Waals surface area (Å²) < 4.78 is 16.1. The Morgan fingerprint density at radius 3 is 2.90 bits per heavy atom. The van der Waals surface area contributed by atoms with Gasteiger partial charge in [-0.15, -0.1) is 11.3 Å². The van der Waals surface area contributed by atoms with Crippen molar-refractivity contribution in [2.75, 3.05) is 13.2 Å². The third-order valence-corrected chi connectivity index (χ3v) is 5.36. The molecule has 0 saturated carbocycles. The molecule has 1 aliphatic heterocycles. The number of amides is 1. The van der Waals surface area contributed by atoms with Gasteiger partial charge in [0.1, 0.15) is 17.4 Å². The Morgan fingerprint density at radius 1 is 1.27 bits per heavy atom. The van der Waals surface area contributed by atoms with Gasteiger partial charge in [0.2, 0.25) is 5.88 Å². The number of ether oxygens (including phenoxy) is 2. The number of nitrogens with zero attached hydrogens (tertiary/aromatic N) is 3. The number of hydrazone groups is 1. The van der Waals surface area contributed by atoms with Crippen LogP contribution in [0, 0.1) is 0 Å². The number of hydrogen-bond acceptors (Lipinski definition) is 8. The summed E-state index contributed by atoms with van der Waals surface area (Å²) in [6.07, 6.45) is 3.59. The van der Waals surface area contributed by atoms with Crippen LogP contribution in [0.3, 0.4) is 0 Å². The Morgan fingerprint density at radius 2 is 2.17 bits per heavy atom. The highest BCUT2D eigenvalue weighted by Gasteiger charge is 2.35. The monoisotopic (exact) mass is 425 g/mol. The van der Waals surface area contributed by atoms with E-state index >= 15 is 0 Å². The van der Waals surface area contributed by atoms with Crippen LogP contribution in [0.5, 0.6) is 5.88 Å². The number of rotatable bonds is 7. The summed E-state index contributed by atoms with van der Waals surface area (Å²) in [5.41, 5.74) is 0.955. The van der Waals surface area contributed by atoms with E-state index in [1.165, 1.54) is 11.2 Å². The molecule has 1 amide bonds. The molecule has 0 bridgehead atoms. The lowest BCUT2D eigenvalue weighted by molar-refractivity contribution is -0.136. The number of esters is 1. The lowest BCUT2D eigenvalue weighted by Crippen LogP contribution is -2.31. The standard InChI is InChI=1S/C21H19N3O5S/c1-2-27-20-14(6-3-9-22-20)21(26)29-13-19(25)24-16(17-7-4-10-28-17)12-15(23-24)18-8-5-11-30-18/h3-11,16H,2,12-13H2,1H3. The first-order valence-corrected chi connectivity index (χ1v) is 10.3. The summed E-state index contributed by atoms with van der Waals surface area (Å²) in [4.78, 5) is 30.3. The second-order valence-electron chi connectivity index (χ2n) is 6.36. The molecule has 8 nitrogen and oxygen atoms in total. The highest BCUT2D eigenvalue weighted by molar-refractivity contribution is 7.12. The van der Waals surface area contributed by atoms with Gasteiger partial charge in [-0.05, 0) is 42.6 Å². The van der Waals surface area contributed by atoms with E-state index in [9.17, 15) is 9.59 Å². The van der Waals surface area contributed by atoms with Gasteiger partial charge in [-0.2, -0.15) is 5.10 Å². The SMILES string of the molecule is CCOc1ncccc1C(=O)OCC(=O)N1N=C(c2cccs2)CC1c1ccco1. The summed E-state index contributed by atoms with van der Waals surface area (Å²) in [5.74, 6) is -0.338. The molecule has 1 aliphatic rings. The molecule has 0 aromatic carbocycles. The maximum atomic E-state index is 12.9. The van der Waals surface area contributed by atoms with E-state index in [-0.39, 0.29) is 17.5 Å². The number of pyridine rings is 1. The maximum Gasteiger partial charge on any atom is 0.344 e. The van der Waals surface area contributed by atoms with Crippen molar-refractivity contribution in [1.29, 1.82) is 0 Å². The van der Waals surface area contributed by atoms with E-state index in [0.29, 0.717) is 18.8 Å². The van der Waals surface area contributed by atoms with Crippen molar-refractivity contribution >= 4 is 28.9 Å². The summed E-state index contributed by atoms with van der Waals surface area (Å²) in [6, 6.07) is 10.2. The number of hydrogen-bond donors (Lipinski definition) is 0. The van der Waals surface area contributed by atoms with Crippen molar-refractivity contribution in [3.63, 3.8) is 0 Å². The highest BCUT2D eigenvalue weighted by atomic mass is 32.1. The lowest BCUT2D eigenvalue weighted by atomic mass is 10.1. The van der Waals surface area contributed by atoms with Gasteiger partial charge >= 0.3 is 5.97 Å². The molecule has 0 spiro atoms. The molecule has 0 saturated heterocycles. The first-order valence-electron chi connectivity index (χ1n) is 9.39. The molecule has 3 aromatic rings. The average Bonchev–Trinajstić information content (AvgIpc) is 3.53. The Kier molecular flexibility index (Phi) is 5.89. The molecule has 0 radical (unpaired) electrons. The summed E-state index contributed by atoms with van der Waals surface area (Å²) in [6.45, 7) is 1.69. The van der Waals surface area contributed by atoms with Gasteiger partial charge in [-0.3, -0.25) is 4.79 Å². The van der Waals surface area contributed by atoms with E-state index in [0.717, 1.165) is 10.6 Å². The molecular weight excluding hydrogens is 406 g/mol. The second kappa shape index (κ2) is 8.91. The summed E-state index contributed by atoms with van der Waals surface area (Å²) in [5, 5.41) is 7.77. The van der Waals surface area contributed by atoms with Crippen molar-refractivity contribution in [1.82, 2.24) is 9.99 Å². The van der Waals surface area contributed by atoms with Gasteiger partial charge < -0.3 is 13.9 Å². The van der Waals surface area contributed by atoms with E-state index in [1.54, 1.807) is 48.8 Å². The predicted octanol–water partition coefficient (Wildman–Crippen LogP) is 3.67. The third kappa shape index (κ3) is 4.11. The Bertz CT molecular complexity index is 1050. The van der Waals surface area contributed by atoms with Crippen LogP contribution in [-0.2, 0) is 9.53 Å². The normalized spacial score (nSPS) is 15.7. The minimum atomic E-state index is -0.684. The average molecular weight is 425 g/mol. The largest absolute Gasteiger partial charge is 0.477 e. The van der Waals surface area contributed by atoms with Crippen molar-refractivity contribution in [3.8, 4) is 5.88 Å². The van der Waals surface area contributed by atoms with Gasteiger partial charge in [-0.1, -0.05) is 6.07 Å². The zero-order valence-corrected chi connectivity index (χ0v) is 17.0. The highest BCUT2D eigenvalue weighted by Crippen LogP contribution is 2.34. The van der Waals surface area contributed by atoms with E-state index in [4.69, 9.17) is 13.9 Å². The lowest BCUT2D eigenvalue weighted by Gasteiger charge is -2.19. The molecule has 4 heterocycles. The van der Waals surface area contributed by atoms with Crippen LogP contribution < -0.4 is 4.74 Å². The van der Waals surface area contributed by atoms with Crippen LogP contribution in [0.15, 0.2) is 63.8 Å². The third-order valence-electron chi connectivity index (χ3n) is 4.44. The molecule has 1 unspecified atom stereocenters. The Hall–Kier alpha value is -3.46. The van der Waals surface area contributed by atoms with Crippen LogP contribution in [0.1, 0.15) is 40.4 Å². The molecule has 154 valence electrons. The van der Waals surface area contributed by atoms with Crippen LogP contribution in [0.4, 0.5) is 0 Å². The molecule has 0 fully saturated rings. The molecule has 0 N–H and O–H groups in total. The molecule has 0 aliphatic carbocycles. The van der Waals surface area contributed by atoms with Gasteiger partial charge in [-0.25, -0.2) is 14.8 Å². The molecule has 30 heavy (non-hydrogen) atoms. The second-order valence-corrected chi connectivity index (χ2v) is 7.31. The summed E-state index contributed by atoms with van der Waals surface area (Å²) >= 11 is 1.55. The van der Waals surface area contributed by atoms with Crippen LogP contribution in [0.2, 0.25) is 0 Å². The van der Waals surface area contributed by atoms with Gasteiger partial charge in [0.15, 0.2) is 6.61 Å². The smallest absolute Gasteiger partial charge is 0.344 e. The van der Waals surface area contributed by atoms with Gasteiger partial charge in [0.25, 0.3) is 5.91 Å². The molecule has 3 aromatic heterocycles. The zero-order valence-electron chi connectivity index (χ0n) is 16.2. The Balaban J connectivity index is 1.49. The van der Waals surface area contributed by atoms with Crippen molar-refractivity contribution in [2.45, 2.75) is 19.4 Å².